The minimum Gasteiger partial charge on any atom is -0.296 e. The quantitative estimate of drug-likeness (QED) is 0.834. The van der Waals surface area contributed by atoms with Crippen LogP contribution < -0.4 is 5.32 Å². The number of anilines is 1. The third-order valence-electron chi connectivity index (χ3n) is 1.65. The maximum Gasteiger partial charge on any atom is 0.276 e. The second-order valence-electron chi connectivity index (χ2n) is 2.77. The average Bonchev–Trinajstić information content (AvgIpc) is 2.64. The van der Waals surface area contributed by atoms with Crippen molar-refractivity contribution in [1.82, 2.24) is 9.97 Å². The van der Waals surface area contributed by atoms with Gasteiger partial charge in [0.2, 0.25) is 0 Å². The second kappa shape index (κ2) is 5.03. The van der Waals surface area contributed by atoms with Gasteiger partial charge in [-0.25, -0.2) is 9.97 Å². The highest BCUT2D eigenvalue weighted by Gasteiger charge is 2.09. The number of nitrogens with zero attached hydrogens (tertiary/aromatic N) is 2. The minimum absolute atomic E-state index is 0.275. The summed E-state index contributed by atoms with van der Waals surface area (Å²) in [5.74, 6) is -0.275. The van der Waals surface area contributed by atoms with E-state index in [2.05, 4.69) is 47.1 Å². The first-order chi connectivity index (χ1) is 7.65. The lowest BCUT2D eigenvalue weighted by atomic mass is 10.3. The monoisotopic (exact) mass is 361 g/mol. The van der Waals surface area contributed by atoms with Crippen LogP contribution >= 0.6 is 43.2 Å². The van der Waals surface area contributed by atoms with Crippen LogP contribution in [0.5, 0.6) is 0 Å². The van der Waals surface area contributed by atoms with Gasteiger partial charge >= 0.3 is 0 Å². The van der Waals surface area contributed by atoms with Crippen molar-refractivity contribution in [3.05, 3.63) is 38.5 Å². The Morgan fingerprint density at radius 2 is 2.19 bits per heavy atom. The Hall–Kier alpha value is -0.790. The smallest absolute Gasteiger partial charge is 0.276 e. The highest BCUT2D eigenvalue weighted by Crippen LogP contribution is 2.23. The van der Waals surface area contributed by atoms with E-state index in [1.54, 1.807) is 24.4 Å². The fourth-order valence-electron chi connectivity index (χ4n) is 1.01. The molecule has 82 valence electrons. The highest BCUT2D eigenvalue weighted by molar-refractivity contribution is 9.11. The molecule has 7 heteroatoms. The number of carbonyl (C=O) groups excluding carboxylic acids is 1. The van der Waals surface area contributed by atoms with Gasteiger partial charge < -0.3 is 0 Å². The fraction of sp³-hybridized carbons (Fsp3) is 0. The van der Waals surface area contributed by atoms with Gasteiger partial charge in [0.25, 0.3) is 5.91 Å². The Balaban J connectivity index is 2.14. The van der Waals surface area contributed by atoms with Crippen LogP contribution in [0.2, 0.25) is 0 Å². The molecule has 2 aromatic rings. The molecule has 1 N–H and O–H groups in total. The molecular formula is C9H5Br2N3OS. The summed E-state index contributed by atoms with van der Waals surface area (Å²) in [5.41, 5.74) is 0.348. The normalized spacial score (nSPS) is 10.1. The Labute approximate surface area is 112 Å². The molecule has 4 nitrogen and oxygen atoms in total. The van der Waals surface area contributed by atoms with Crippen molar-refractivity contribution in [1.29, 1.82) is 0 Å². The third kappa shape index (κ3) is 2.87. The van der Waals surface area contributed by atoms with Crippen LogP contribution in [0.15, 0.2) is 32.8 Å². The van der Waals surface area contributed by atoms with Gasteiger partial charge in [-0.2, -0.15) is 0 Å². The van der Waals surface area contributed by atoms with Crippen molar-refractivity contribution in [3.63, 3.8) is 0 Å². The molecule has 0 aliphatic heterocycles. The SMILES string of the molecule is O=C(Nc1ncc(Br)s1)c1cccc(Br)n1. The van der Waals surface area contributed by atoms with Crippen molar-refractivity contribution >= 4 is 54.2 Å². The molecule has 0 aliphatic rings. The summed E-state index contributed by atoms with van der Waals surface area (Å²) in [4.78, 5) is 19.8. The number of carbonyl (C=O) groups is 1. The van der Waals surface area contributed by atoms with Gasteiger partial charge in [-0.05, 0) is 44.0 Å². The lowest BCUT2D eigenvalue weighted by Crippen LogP contribution is -2.13. The summed E-state index contributed by atoms with van der Waals surface area (Å²) < 4.78 is 1.49. The van der Waals surface area contributed by atoms with Crippen LogP contribution in [0.1, 0.15) is 10.5 Å². The van der Waals surface area contributed by atoms with Crippen molar-refractivity contribution in [2.45, 2.75) is 0 Å². The summed E-state index contributed by atoms with van der Waals surface area (Å²) in [6, 6.07) is 5.16. The Morgan fingerprint density at radius 3 is 2.81 bits per heavy atom. The zero-order chi connectivity index (χ0) is 11.5. The van der Waals surface area contributed by atoms with Crippen LogP contribution in [-0.4, -0.2) is 15.9 Å². The van der Waals surface area contributed by atoms with E-state index in [1.807, 2.05) is 0 Å². The van der Waals surface area contributed by atoms with Crippen LogP contribution in [0.3, 0.4) is 0 Å². The summed E-state index contributed by atoms with van der Waals surface area (Å²) in [6.45, 7) is 0. The molecule has 2 rings (SSSR count). The van der Waals surface area contributed by atoms with Crippen LogP contribution in [0, 0.1) is 0 Å². The number of amides is 1. The van der Waals surface area contributed by atoms with Gasteiger partial charge in [0.1, 0.15) is 10.3 Å². The maximum atomic E-state index is 11.7. The minimum atomic E-state index is -0.275. The zero-order valence-electron chi connectivity index (χ0n) is 7.78. The molecule has 2 heterocycles. The molecule has 0 bridgehead atoms. The van der Waals surface area contributed by atoms with E-state index in [0.29, 0.717) is 15.4 Å². The van der Waals surface area contributed by atoms with Crippen molar-refractivity contribution in [3.8, 4) is 0 Å². The first kappa shape index (κ1) is 11.7. The molecule has 0 spiro atoms. The molecule has 0 saturated heterocycles. The molecule has 1 amide bonds. The molecule has 2 aromatic heterocycles. The molecule has 0 aromatic carbocycles. The highest BCUT2D eigenvalue weighted by atomic mass is 79.9. The Morgan fingerprint density at radius 1 is 1.38 bits per heavy atom. The van der Waals surface area contributed by atoms with Gasteiger partial charge in [-0.15, -0.1) is 0 Å². The largest absolute Gasteiger partial charge is 0.296 e. The Bertz CT molecular complexity index is 529. The lowest BCUT2D eigenvalue weighted by molar-refractivity contribution is 0.102. The predicted octanol–water partition coefficient (Wildman–Crippen LogP) is 3.32. The number of nitrogens with one attached hydrogen (secondary N) is 1. The fourth-order valence-corrected chi connectivity index (χ4v) is 2.45. The number of thiazole rings is 1. The first-order valence-electron chi connectivity index (χ1n) is 4.20. The molecule has 0 aliphatic carbocycles. The van der Waals surface area contributed by atoms with Gasteiger partial charge in [0.15, 0.2) is 5.13 Å². The van der Waals surface area contributed by atoms with Crippen molar-refractivity contribution in [2.75, 3.05) is 5.32 Å². The van der Waals surface area contributed by atoms with Crippen LogP contribution in [0.4, 0.5) is 5.13 Å². The van der Waals surface area contributed by atoms with E-state index in [4.69, 9.17) is 0 Å². The van der Waals surface area contributed by atoms with E-state index in [9.17, 15) is 4.79 Å². The van der Waals surface area contributed by atoms with Gasteiger partial charge in [-0.1, -0.05) is 17.4 Å². The van der Waals surface area contributed by atoms with Crippen molar-refractivity contribution < 1.29 is 4.79 Å². The summed E-state index contributed by atoms with van der Waals surface area (Å²) in [6.07, 6.45) is 1.63. The number of rotatable bonds is 2. The molecule has 16 heavy (non-hydrogen) atoms. The number of aromatic nitrogens is 2. The topological polar surface area (TPSA) is 54.9 Å². The molecule has 0 unspecified atom stereocenters. The third-order valence-corrected chi connectivity index (χ3v) is 3.48. The Kier molecular flexibility index (Phi) is 3.67. The van der Waals surface area contributed by atoms with Gasteiger partial charge in [0, 0.05) is 0 Å². The number of hydrogen-bond donors (Lipinski definition) is 1. The number of hydrogen-bond acceptors (Lipinski definition) is 4. The summed E-state index contributed by atoms with van der Waals surface area (Å²) in [5, 5.41) is 3.20. The molecule has 0 radical (unpaired) electrons. The molecular weight excluding hydrogens is 358 g/mol. The maximum absolute atomic E-state index is 11.7. The van der Waals surface area contributed by atoms with Crippen molar-refractivity contribution in [2.24, 2.45) is 0 Å². The number of pyridine rings is 1. The van der Waals surface area contributed by atoms with Gasteiger partial charge in [0.05, 0.1) is 9.98 Å². The molecule has 0 atom stereocenters. The van der Waals surface area contributed by atoms with E-state index in [0.717, 1.165) is 3.79 Å². The predicted molar refractivity (Wildman–Crippen MR) is 69.7 cm³/mol. The molecule has 0 saturated carbocycles. The second-order valence-corrected chi connectivity index (χ2v) is 5.99. The van der Waals surface area contributed by atoms with Gasteiger partial charge in [-0.3, -0.25) is 10.1 Å². The summed E-state index contributed by atoms with van der Waals surface area (Å²) >= 11 is 7.83. The number of halogens is 2. The van der Waals surface area contributed by atoms with Crippen LogP contribution in [0.25, 0.3) is 0 Å². The standard InChI is InChI=1S/C9H5Br2N3OS/c10-6-3-1-2-5(13-6)8(15)14-9-12-4-7(11)16-9/h1-4H,(H,12,14,15). The van der Waals surface area contributed by atoms with E-state index in [-0.39, 0.29) is 5.91 Å². The summed E-state index contributed by atoms with van der Waals surface area (Å²) in [7, 11) is 0. The van der Waals surface area contributed by atoms with Crippen LogP contribution in [-0.2, 0) is 0 Å². The zero-order valence-corrected chi connectivity index (χ0v) is 11.8. The first-order valence-corrected chi connectivity index (χ1v) is 6.60. The van der Waals surface area contributed by atoms with E-state index in [1.165, 1.54) is 11.3 Å². The lowest BCUT2D eigenvalue weighted by Gasteiger charge is -2.00. The average molecular weight is 363 g/mol. The molecule has 0 fully saturated rings. The van der Waals surface area contributed by atoms with E-state index < -0.39 is 0 Å². The van der Waals surface area contributed by atoms with E-state index >= 15 is 0 Å².